The van der Waals surface area contributed by atoms with E-state index in [0.29, 0.717) is 11.1 Å². The lowest BCUT2D eigenvalue weighted by molar-refractivity contribution is -0.127. The van der Waals surface area contributed by atoms with E-state index in [-0.39, 0.29) is 24.0 Å². The van der Waals surface area contributed by atoms with Crippen LogP contribution >= 0.6 is 11.5 Å². The van der Waals surface area contributed by atoms with Crippen molar-refractivity contribution in [2.75, 3.05) is 0 Å². The normalized spacial score (nSPS) is 12.3. The third-order valence-electron chi connectivity index (χ3n) is 4.16. The molecule has 2 heterocycles. The highest BCUT2D eigenvalue weighted by Crippen LogP contribution is 2.26. The van der Waals surface area contributed by atoms with E-state index in [1.165, 1.54) is 22.4 Å². The molecule has 1 aromatic carbocycles. The number of halogens is 1. The van der Waals surface area contributed by atoms with Gasteiger partial charge in [-0.2, -0.15) is 0 Å². The van der Waals surface area contributed by atoms with Gasteiger partial charge in [0.2, 0.25) is 5.91 Å². The molecule has 0 radical (unpaired) electrons. The number of carbonyl (C=O) groups excluding carboxylic acids is 2. The van der Waals surface area contributed by atoms with Gasteiger partial charge in [-0.05, 0) is 56.1 Å². The Hall–Kier alpha value is -3.20. The van der Waals surface area contributed by atoms with Crippen molar-refractivity contribution in [2.45, 2.75) is 38.9 Å². The Kier molecular flexibility index (Phi) is 6.51. The van der Waals surface area contributed by atoms with Gasteiger partial charge in [0.15, 0.2) is 5.69 Å². The molecular weight excluding hydrogens is 405 g/mol. The van der Waals surface area contributed by atoms with Crippen LogP contribution < -0.4 is 5.32 Å². The summed E-state index contributed by atoms with van der Waals surface area (Å²) in [6.07, 6.45) is 3.15. The molecular formula is C21H22FN5O2S. The molecule has 3 aromatic rings. The fraction of sp³-hybridized carbons (Fsp3) is 0.286. The van der Waals surface area contributed by atoms with E-state index in [4.69, 9.17) is 0 Å². The summed E-state index contributed by atoms with van der Waals surface area (Å²) in [5, 5.41) is 8.34. The lowest BCUT2D eigenvalue weighted by atomic mass is 10.0. The maximum absolute atomic E-state index is 13.4. The predicted molar refractivity (Wildman–Crippen MR) is 111 cm³/mol. The average Bonchev–Trinajstić information content (AvgIpc) is 3.23. The van der Waals surface area contributed by atoms with E-state index in [0.717, 1.165) is 11.5 Å². The monoisotopic (exact) mass is 427 g/mol. The Morgan fingerprint density at radius 3 is 2.50 bits per heavy atom. The molecule has 2 amide bonds. The first-order valence-electron chi connectivity index (χ1n) is 9.29. The number of amides is 2. The number of aromatic nitrogens is 3. The summed E-state index contributed by atoms with van der Waals surface area (Å²) >= 11 is 1.05. The molecule has 3 rings (SSSR count). The molecule has 0 saturated carbocycles. The molecule has 156 valence electrons. The first-order valence-corrected chi connectivity index (χ1v) is 10.1. The number of pyridine rings is 1. The third-order valence-corrected chi connectivity index (χ3v) is 4.67. The lowest BCUT2D eigenvalue weighted by Gasteiger charge is -2.33. The van der Waals surface area contributed by atoms with Crippen LogP contribution in [-0.4, -0.2) is 36.8 Å². The maximum atomic E-state index is 13.4. The molecule has 2 aromatic heterocycles. The Morgan fingerprint density at radius 2 is 1.93 bits per heavy atom. The second-order valence-corrected chi connectivity index (χ2v) is 8.39. The van der Waals surface area contributed by atoms with E-state index in [2.05, 4.69) is 19.9 Å². The zero-order valence-electron chi connectivity index (χ0n) is 16.9. The highest BCUT2D eigenvalue weighted by Gasteiger charge is 2.34. The summed E-state index contributed by atoms with van der Waals surface area (Å²) in [6.45, 7) is 5.67. The summed E-state index contributed by atoms with van der Waals surface area (Å²) in [5.74, 6) is -1.19. The van der Waals surface area contributed by atoms with Crippen molar-refractivity contribution in [3.63, 3.8) is 0 Å². The van der Waals surface area contributed by atoms with Gasteiger partial charge in [0.05, 0.1) is 0 Å². The van der Waals surface area contributed by atoms with Gasteiger partial charge in [-0.3, -0.25) is 14.6 Å². The molecule has 9 heteroatoms. The molecule has 0 spiro atoms. The summed E-state index contributed by atoms with van der Waals surface area (Å²) in [7, 11) is 0. The first-order chi connectivity index (χ1) is 14.2. The Bertz CT molecular complexity index is 988. The number of nitrogens with zero attached hydrogens (tertiary/aromatic N) is 4. The summed E-state index contributed by atoms with van der Waals surface area (Å²) in [5.41, 5.74) is 0.854. The van der Waals surface area contributed by atoms with Crippen molar-refractivity contribution >= 4 is 23.3 Å². The predicted octanol–water partition coefficient (Wildman–Crippen LogP) is 3.37. The fourth-order valence-electron chi connectivity index (χ4n) is 2.92. The number of carbonyl (C=O) groups is 2. The van der Waals surface area contributed by atoms with E-state index < -0.39 is 17.5 Å². The minimum atomic E-state index is -0.961. The van der Waals surface area contributed by atoms with Crippen molar-refractivity contribution in [3.05, 3.63) is 76.8 Å². The van der Waals surface area contributed by atoms with Crippen LogP contribution in [0.1, 0.15) is 48.4 Å². The molecule has 0 unspecified atom stereocenters. The van der Waals surface area contributed by atoms with Crippen LogP contribution in [0, 0.1) is 5.82 Å². The van der Waals surface area contributed by atoms with Crippen LogP contribution in [-0.2, 0) is 11.3 Å². The van der Waals surface area contributed by atoms with E-state index in [1.54, 1.807) is 36.7 Å². The average molecular weight is 428 g/mol. The van der Waals surface area contributed by atoms with Crippen LogP contribution in [0.2, 0.25) is 0 Å². The van der Waals surface area contributed by atoms with Gasteiger partial charge in [-0.25, -0.2) is 4.39 Å². The van der Waals surface area contributed by atoms with Crippen molar-refractivity contribution in [1.82, 2.24) is 24.8 Å². The molecule has 0 aliphatic heterocycles. The molecule has 30 heavy (non-hydrogen) atoms. The number of hydrogen-bond acceptors (Lipinski definition) is 6. The van der Waals surface area contributed by atoms with Gasteiger partial charge in [-0.15, -0.1) is 5.10 Å². The van der Waals surface area contributed by atoms with Crippen LogP contribution in [0.15, 0.2) is 54.2 Å². The van der Waals surface area contributed by atoms with Crippen molar-refractivity contribution in [3.8, 4) is 0 Å². The molecule has 0 bridgehead atoms. The largest absolute Gasteiger partial charge is 0.349 e. The zero-order chi connectivity index (χ0) is 21.7. The minimum Gasteiger partial charge on any atom is -0.349 e. The van der Waals surface area contributed by atoms with E-state index in [9.17, 15) is 14.0 Å². The second kappa shape index (κ2) is 9.08. The molecule has 0 aliphatic rings. The van der Waals surface area contributed by atoms with Gasteiger partial charge < -0.3 is 10.2 Å². The van der Waals surface area contributed by atoms with Gasteiger partial charge in [-0.1, -0.05) is 22.7 Å². The molecule has 1 N–H and O–H groups in total. The topological polar surface area (TPSA) is 88.1 Å². The van der Waals surface area contributed by atoms with Gasteiger partial charge in [0.1, 0.15) is 11.9 Å². The van der Waals surface area contributed by atoms with E-state index in [1.807, 2.05) is 20.8 Å². The summed E-state index contributed by atoms with van der Waals surface area (Å²) < 4.78 is 17.1. The zero-order valence-corrected chi connectivity index (χ0v) is 17.7. The molecule has 0 aliphatic carbocycles. The fourth-order valence-corrected chi connectivity index (χ4v) is 3.35. The smallest absolute Gasteiger partial charge is 0.276 e. The number of nitrogens with one attached hydrogen (secondary N) is 1. The van der Waals surface area contributed by atoms with Crippen LogP contribution in [0.3, 0.4) is 0 Å². The van der Waals surface area contributed by atoms with Crippen molar-refractivity contribution < 1.29 is 14.0 Å². The highest BCUT2D eigenvalue weighted by molar-refractivity contribution is 7.03. The maximum Gasteiger partial charge on any atom is 0.276 e. The summed E-state index contributed by atoms with van der Waals surface area (Å²) in [6, 6.07) is 8.28. The van der Waals surface area contributed by atoms with Crippen LogP contribution in [0.5, 0.6) is 0 Å². The second-order valence-electron chi connectivity index (χ2n) is 7.78. The van der Waals surface area contributed by atoms with Crippen molar-refractivity contribution in [1.29, 1.82) is 0 Å². The SMILES string of the molecule is CC(C)(C)NC(=O)[C@H](c1cccnc1)N(Cc1ccc(F)cc1)C(=O)c1csnn1. The van der Waals surface area contributed by atoms with Crippen LogP contribution in [0.25, 0.3) is 0 Å². The Labute approximate surface area is 178 Å². The summed E-state index contributed by atoms with van der Waals surface area (Å²) in [4.78, 5) is 32.1. The Balaban J connectivity index is 2.06. The number of rotatable bonds is 6. The Morgan fingerprint density at radius 1 is 1.20 bits per heavy atom. The third kappa shape index (κ3) is 5.44. The number of benzene rings is 1. The molecule has 1 atom stereocenters. The first kappa shape index (κ1) is 21.5. The van der Waals surface area contributed by atoms with Gasteiger partial charge in [0, 0.05) is 35.4 Å². The van der Waals surface area contributed by atoms with E-state index >= 15 is 0 Å². The lowest BCUT2D eigenvalue weighted by Crippen LogP contribution is -2.49. The van der Waals surface area contributed by atoms with Gasteiger partial charge in [0.25, 0.3) is 5.91 Å². The number of hydrogen-bond donors (Lipinski definition) is 1. The van der Waals surface area contributed by atoms with Crippen molar-refractivity contribution in [2.24, 2.45) is 0 Å². The minimum absolute atomic E-state index is 0.0771. The van der Waals surface area contributed by atoms with Gasteiger partial charge >= 0.3 is 0 Å². The quantitative estimate of drug-likeness (QED) is 0.652. The van der Waals surface area contributed by atoms with Crippen LogP contribution in [0.4, 0.5) is 4.39 Å². The highest BCUT2D eigenvalue weighted by atomic mass is 32.1. The molecule has 0 saturated heterocycles. The molecule has 7 nitrogen and oxygen atoms in total. The molecule has 0 fully saturated rings. The standard InChI is InChI=1S/C21H22FN5O2S/c1-21(2,3)24-19(28)18(15-5-4-10-23-11-15)27(20(29)17-13-30-26-25-17)12-14-6-8-16(22)9-7-14/h4-11,13,18H,12H2,1-3H3,(H,24,28)/t18-/m0/s1.